The number of benzene rings is 1. The van der Waals surface area contributed by atoms with E-state index in [1.165, 1.54) is 0 Å². The molecule has 0 bridgehead atoms. The Morgan fingerprint density at radius 1 is 1.15 bits per heavy atom. The minimum Gasteiger partial charge on any atom is -0.372 e. The highest BCUT2D eigenvalue weighted by Gasteiger charge is 2.25. The van der Waals surface area contributed by atoms with Crippen molar-refractivity contribution in [1.82, 2.24) is 9.97 Å². The molecule has 1 saturated heterocycles. The summed E-state index contributed by atoms with van der Waals surface area (Å²) in [6, 6.07) is 8.13. The molecule has 1 aliphatic rings. The van der Waals surface area contributed by atoms with Crippen LogP contribution in [0.3, 0.4) is 0 Å². The van der Waals surface area contributed by atoms with E-state index >= 15 is 0 Å². The van der Waals surface area contributed by atoms with Gasteiger partial charge in [0.05, 0.1) is 17.7 Å². The van der Waals surface area contributed by atoms with Gasteiger partial charge in [-0.25, -0.2) is 4.98 Å². The molecule has 1 aromatic heterocycles. The van der Waals surface area contributed by atoms with Gasteiger partial charge in [0.15, 0.2) is 0 Å². The van der Waals surface area contributed by atoms with Crippen molar-refractivity contribution in [2.24, 2.45) is 0 Å². The van der Waals surface area contributed by atoms with Crippen LogP contribution in [0.4, 0.5) is 11.8 Å². The normalized spacial score (nSPS) is 23.1. The summed E-state index contributed by atoms with van der Waals surface area (Å²) in [7, 11) is 1.85. The number of morpholine rings is 1. The average molecular weight is 272 g/mol. The van der Waals surface area contributed by atoms with Crippen LogP contribution in [-0.2, 0) is 4.74 Å². The first-order valence-electron chi connectivity index (χ1n) is 7.02. The molecule has 20 heavy (non-hydrogen) atoms. The highest BCUT2D eigenvalue weighted by molar-refractivity contribution is 5.90. The fraction of sp³-hybridized carbons (Fsp3) is 0.467. The summed E-state index contributed by atoms with van der Waals surface area (Å²) in [6.45, 7) is 5.92. The Balaban J connectivity index is 2.09. The molecule has 1 fully saturated rings. The largest absolute Gasteiger partial charge is 0.372 e. The molecule has 5 heteroatoms. The molecule has 1 aromatic carbocycles. The number of hydrogen-bond donors (Lipinski definition) is 1. The van der Waals surface area contributed by atoms with Crippen molar-refractivity contribution in [3.05, 3.63) is 24.3 Å². The van der Waals surface area contributed by atoms with Crippen molar-refractivity contribution in [3.8, 4) is 0 Å². The molecule has 0 amide bonds. The van der Waals surface area contributed by atoms with E-state index in [2.05, 4.69) is 40.1 Å². The maximum Gasteiger partial charge on any atom is 0.224 e. The quantitative estimate of drug-likeness (QED) is 0.909. The first kappa shape index (κ1) is 13.1. The van der Waals surface area contributed by atoms with E-state index in [1.807, 2.05) is 25.2 Å². The second kappa shape index (κ2) is 5.25. The monoisotopic (exact) mass is 272 g/mol. The van der Waals surface area contributed by atoms with Crippen LogP contribution in [0.5, 0.6) is 0 Å². The molecule has 3 rings (SSSR count). The lowest BCUT2D eigenvalue weighted by Gasteiger charge is -2.36. The molecule has 0 spiro atoms. The molecule has 1 N–H and O–H groups in total. The molecule has 0 aliphatic carbocycles. The molecule has 2 unspecified atom stereocenters. The lowest BCUT2D eigenvalue weighted by Crippen LogP contribution is -2.46. The van der Waals surface area contributed by atoms with Crippen molar-refractivity contribution < 1.29 is 4.74 Å². The summed E-state index contributed by atoms with van der Waals surface area (Å²) >= 11 is 0. The minimum atomic E-state index is 0.213. The molecular weight excluding hydrogens is 252 g/mol. The Hall–Kier alpha value is -1.88. The molecule has 5 nitrogen and oxygen atoms in total. The van der Waals surface area contributed by atoms with E-state index in [0.717, 1.165) is 29.8 Å². The molecule has 106 valence electrons. The third-order valence-electron chi connectivity index (χ3n) is 3.53. The number of fused-ring (bicyclic) bond motifs is 1. The van der Waals surface area contributed by atoms with E-state index < -0.39 is 0 Å². The van der Waals surface area contributed by atoms with Gasteiger partial charge in [-0.3, -0.25) is 0 Å². The number of nitrogens with zero attached hydrogens (tertiary/aromatic N) is 3. The van der Waals surface area contributed by atoms with Gasteiger partial charge in [0.25, 0.3) is 0 Å². The van der Waals surface area contributed by atoms with Crippen LogP contribution in [0, 0.1) is 0 Å². The molecule has 0 saturated carbocycles. The van der Waals surface area contributed by atoms with Crippen LogP contribution < -0.4 is 10.2 Å². The van der Waals surface area contributed by atoms with Gasteiger partial charge in [-0.05, 0) is 26.0 Å². The second-order valence-electron chi connectivity index (χ2n) is 5.30. The summed E-state index contributed by atoms with van der Waals surface area (Å²) in [5, 5.41) is 4.13. The zero-order valence-corrected chi connectivity index (χ0v) is 12.1. The summed E-state index contributed by atoms with van der Waals surface area (Å²) < 4.78 is 5.81. The second-order valence-corrected chi connectivity index (χ2v) is 5.30. The lowest BCUT2D eigenvalue weighted by atomic mass is 10.2. The zero-order chi connectivity index (χ0) is 14.1. The van der Waals surface area contributed by atoms with E-state index in [4.69, 9.17) is 4.74 Å². The van der Waals surface area contributed by atoms with Gasteiger partial charge >= 0.3 is 0 Å². The summed E-state index contributed by atoms with van der Waals surface area (Å²) in [6.07, 6.45) is 0.427. The zero-order valence-electron chi connectivity index (χ0n) is 12.1. The third-order valence-corrected chi connectivity index (χ3v) is 3.53. The van der Waals surface area contributed by atoms with Crippen LogP contribution in [0.1, 0.15) is 13.8 Å². The Morgan fingerprint density at radius 3 is 2.55 bits per heavy atom. The smallest absolute Gasteiger partial charge is 0.224 e. The number of aromatic nitrogens is 2. The van der Waals surface area contributed by atoms with Gasteiger partial charge in [-0.2, -0.15) is 4.98 Å². The Labute approximate surface area is 119 Å². The molecule has 1 aliphatic heterocycles. The van der Waals surface area contributed by atoms with Gasteiger partial charge in [0.1, 0.15) is 5.82 Å². The van der Waals surface area contributed by atoms with E-state index in [-0.39, 0.29) is 12.2 Å². The van der Waals surface area contributed by atoms with Crippen LogP contribution in [0.2, 0.25) is 0 Å². The molecule has 0 radical (unpaired) electrons. The number of para-hydroxylation sites is 1. The number of ether oxygens (including phenoxy) is 1. The summed E-state index contributed by atoms with van der Waals surface area (Å²) in [5.74, 6) is 1.65. The highest BCUT2D eigenvalue weighted by Crippen LogP contribution is 2.27. The summed E-state index contributed by atoms with van der Waals surface area (Å²) in [4.78, 5) is 11.5. The van der Waals surface area contributed by atoms with Gasteiger partial charge in [-0.15, -0.1) is 0 Å². The number of nitrogens with one attached hydrogen (secondary N) is 1. The predicted molar refractivity (Wildman–Crippen MR) is 81.3 cm³/mol. The first-order valence-corrected chi connectivity index (χ1v) is 7.02. The molecular formula is C15H20N4O. The van der Waals surface area contributed by atoms with Gasteiger partial charge in [-0.1, -0.05) is 12.1 Å². The Morgan fingerprint density at radius 2 is 1.85 bits per heavy atom. The number of hydrogen-bond acceptors (Lipinski definition) is 5. The maximum absolute atomic E-state index is 5.81. The standard InChI is InChI=1S/C15H20N4O/c1-10-8-19(9-11(2)20-10)14-12-6-4-5-7-13(12)17-15(16-3)18-14/h4-7,10-11H,8-9H2,1-3H3,(H,16,17,18). The fourth-order valence-electron chi connectivity index (χ4n) is 2.76. The first-order chi connectivity index (χ1) is 9.67. The van der Waals surface area contributed by atoms with Crippen molar-refractivity contribution in [2.45, 2.75) is 26.1 Å². The van der Waals surface area contributed by atoms with Gasteiger partial charge in [0.2, 0.25) is 5.95 Å². The lowest BCUT2D eigenvalue weighted by molar-refractivity contribution is -0.00536. The van der Waals surface area contributed by atoms with Gasteiger partial charge in [0, 0.05) is 25.5 Å². The fourth-order valence-corrected chi connectivity index (χ4v) is 2.76. The molecule has 2 aromatic rings. The van der Waals surface area contributed by atoms with Gasteiger partial charge < -0.3 is 15.0 Å². The van der Waals surface area contributed by atoms with Crippen molar-refractivity contribution in [3.63, 3.8) is 0 Å². The summed E-state index contributed by atoms with van der Waals surface area (Å²) in [5.41, 5.74) is 0.966. The van der Waals surface area contributed by atoms with Crippen molar-refractivity contribution >= 4 is 22.7 Å². The Kier molecular flexibility index (Phi) is 3.44. The highest BCUT2D eigenvalue weighted by atomic mass is 16.5. The minimum absolute atomic E-state index is 0.213. The third kappa shape index (κ3) is 2.41. The van der Waals surface area contributed by atoms with E-state index in [9.17, 15) is 0 Å². The number of anilines is 2. The van der Waals surface area contributed by atoms with Crippen molar-refractivity contribution in [2.75, 3.05) is 30.4 Å². The SMILES string of the molecule is CNc1nc(N2CC(C)OC(C)C2)c2ccccc2n1. The predicted octanol–water partition coefficient (Wildman–Crippen LogP) is 2.29. The molecule has 2 atom stereocenters. The maximum atomic E-state index is 5.81. The van der Waals surface area contributed by atoms with Crippen molar-refractivity contribution in [1.29, 1.82) is 0 Å². The van der Waals surface area contributed by atoms with Crippen LogP contribution in [0.25, 0.3) is 10.9 Å². The Bertz CT molecular complexity index is 606. The number of rotatable bonds is 2. The van der Waals surface area contributed by atoms with Crippen LogP contribution in [-0.4, -0.2) is 42.3 Å². The molecule has 2 heterocycles. The average Bonchev–Trinajstić information content (AvgIpc) is 2.45. The topological polar surface area (TPSA) is 50.3 Å². The van der Waals surface area contributed by atoms with E-state index in [1.54, 1.807) is 0 Å². The van der Waals surface area contributed by atoms with Crippen LogP contribution in [0.15, 0.2) is 24.3 Å². The van der Waals surface area contributed by atoms with E-state index in [0.29, 0.717) is 5.95 Å². The van der Waals surface area contributed by atoms with Crippen LogP contribution >= 0.6 is 0 Å².